The first-order valence-electron chi connectivity index (χ1n) is 11.3. The van der Waals surface area contributed by atoms with Crippen LogP contribution in [-0.2, 0) is 16.6 Å². The zero-order chi connectivity index (χ0) is 23.8. The van der Waals surface area contributed by atoms with Crippen molar-refractivity contribution >= 4 is 33.2 Å². The van der Waals surface area contributed by atoms with Crippen LogP contribution in [0.25, 0.3) is 0 Å². The Bertz CT molecular complexity index is 1120. The van der Waals surface area contributed by atoms with Gasteiger partial charge in [-0.15, -0.1) is 0 Å². The first-order valence-corrected chi connectivity index (χ1v) is 13.1. The number of benzene rings is 1. The Hall–Kier alpha value is -2.14. The molecule has 0 aliphatic carbocycles. The number of hydrogen-bond acceptors (Lipinski definition) is 6. The highest BCUT2D eigenvalue weighted by Gasteiger charge is 2.36. The molecule has 2 aromatic rings. The summed E-state index contributed by atoms with van der Waals surface area (Å²) in [5.41, 5.74) is 2.27. The van der Waals surface area contributed by atoms with Crippen molar-refractivity contribution in [1.29, 1.82) is 0 Å². The maximum Gasteiger partial charge on any atom is 0.263 e. The first kappa shape index (κ1) is 24.0. The second-order valence-corrected chi connectivity index (χ2v) is 10.9. The molecule has 0 saturated carbocycles. The van der Waals surface area contributed by atoms with E-state index < -0.39 is 10.0 Å². The Morgan fingerprint density at radius 2 is 1.73 bits per heavy atom. The van der Waals surface area contributed by atoms with Crippen LogP contribution in [0.1, 0.15) is 22.8 Å². The van der Waals surface area contributed by atoms with Gasteiger partial charge in [0.15, 0.2) is 0 Å². The molecular weight excluding hydrogens is 464 g/mol. The predicted molar refractivity (Wildman–Crippen MR) is 128 cm³/mol. The highest BCUT2D eigenvalue weighted by molar-refractivity contribution is 7.89. The smallest absolute Gasteiger partial charge is 0.263 e. The highest BCUT2D eigenvalue weighted by atomic mass is 35.5. The number of carbonyl (C=O) groups is 1. The van der Waals surface area contributed by atoms with E-state index in [2.05, 4.69) is 14.9 Å². The minimum atomic E-state index is -3.91. The number of sulfonamides is 1. The number of piperazine rings is 2. The SMILES string of the molecule is CCn1cc(C(=O)N2CCN(C)CC2)c(S(=O)(=O)N2CCN(c3cc(Cl)ccc3C)CC2)n1. The Morgan fingerprint density at radius 1 is 1.06 bits per heavy atom. The summed E-state index contributed by atoms with van der Waals surface area (Å²) in [5.74, 6) is -0.269. The molecule has 180 valence electrons. The Labute approximate surface area is 200 Å². The third-order valence-corrected chi connectivity index (χ3v) is 8.48. The molecule has 3 heterocycles. The standard InChI is InChI=1S/C22H31ClN6O3S/c1-4-28-16-19(22(30)27-9-7-25(3)8-10-27)21(24-28)33(31,32)29-13-11-26(12-14-29)20-15-18(23)6-5-17(20)2/h5-6,15-16H,4,7-14H2,1-3H3. The average Bonchev–Trinajstić information content (AvgIpc) is 3.26. The van der Waals surface area contributed by atoms with Crippen molar-refractivity contribution in [3.05, 3.63) is 40.5 Å². The molecule has 0 spiro atoms. The van der Waals surface area contributed by atoms with Gasteiger partial charge in [0.25, 0.3) is 15.9 Å². The minimum Gasteiger partial charge on any atom is -0.369 e. The lowest BCUT2D eigenvalue weighted by atomic mass is 10.1. The molecule has 0 atom stereocenters. The molecule has 2 saturated heterocycles. The van der Waals surface area contributed by atoms with Crippen LogP contribution in [0.3, 0.4) is 0 Å². The summed E-state index contributed by atoms with van der Waals surface area (Å²) in [6.45, 7) is 8.76. The van der Waals surface area contributed by atoms with Gasteiger partial charge in [-0.05, 0) is 38.6 Å². The summed E-state index contributed by atoms with van der Waals surface area (Å²) in [4.78, 5) is 19.3. The van der Waals surface area contributed by atoms with Crippen LogP contribution in [0, 0.1) is 6.92 Å². The van der Waals surface area contributed by atoms with Gasteiger partial charge in [0.1, 0.15) is 0 Å². The molecule has 1 aromatic carbocycles. The van der Waals surface area contributed by atoms with E-state index in [1.807, 2.05) is 39.1 Å². The molecule has 1 amide bonds. The van der Waals surface area contributed by atoms with Crippen LogP contribution in [0.4, 0.5) is 5.69 Å². The van der Waals surface area contributed by atoms with Crippen molar-refractivity contribution in [3.8, 4) is 0 Å². The zero-order valence-corrected chi connectivity index (χ0v) is 20.9. The largest absolute Gasteiger partial charge is 0.369 e. The molecule has 4 rings (SSSR count). The number of rotatable bonds is 5. The minimum absolute atomic E-state index is 0.138. The van der Waals surface area contributed by atoms with Gasteiger partial charge in [0.2, 0.25) is 5.03 Å². The molecule has 2 aliphatic heterocycles. The fraction of sp³-hybridized carbons (Fsp3) is 0.545. The average molecular weight is 495 g/mol. The number of aromatic nitrogens is 2. The number of carbonyl (C=O) groups excluding carboxylic acids is 1. The molecule has 0 N–H and O–H groups in total. The van der Waals surface area contributed by atoms with E-state index in [4.69, 9.17) is 11.6 Å². The molecule has 11 heteroatoms. The lowest BCUT2D eigenvalue weighted by molar-refractivity contribution is 0.0660. The van der Waals surface area contributed by atoms with E-state index in [1.54, 1.807) is 11.1 Å². The summed E-state index contributed by atoms with van der Waals surface area (Å²) in [5, 5.41) is 4.82. The van der Waals surface area contributed by atoms with Crippen LogP contribution in [0.2, 0.25) is 5.02 Å². The van der Waals surface area contributed by atoms with Crippen molar-refractivity contribution in [1.82, 2.24) is 23.9 Å². The second-order valence-electron chi connectivity index (χ2n) is 8.62. The summed E-state index contributed by atoms with van der Waals surface area (Å²) in [7, 11) is -1.90. The van der Waals surface area contributed by atoms with Gasteiger partial charge in [-0.1, -0.05) is 17.7 Å². The van der Waals surface area contributed by atoms with Gasteiger partial charge in [-0.2, -0.15) is 9.40 Å². The molecule has 1 aromatic heterocycles. The normalized spacial score (nSPS) is 18.7. The van der Waals surface area contributed by atoms with E-state index in [-0.39, 0.29) is 16.5 Å². The molecule has 2 aliphatic rings. The third-order valence-electron chi connectivity index (χ3n) is 6.41. The summed E-state index contributed by atoms with van der Waals surface area (Å²) in [6.07, 6.45) is 1.57. The van der Waals surface area contributed by atoms with E-state index in [9.17, 15) is 13.2 Å². The molecule has 0 unspecified atom stereocenters. The Balaban J connectivity index is 1.54. The van der Waals surface area contributed by atoms with Gasteiger partial charge in [-0.3, -0.25) is 9.48 Å². The van der Waals surface area contributed by atoms with Crippen LogP contribution in [0.5, 0.6) is 0 Å². The van der Waals surface area contributed by atoms with Gasteiger partial charge >= 0.3 is 0 Å². The van der Waals surface area contributed by atoms with Gasteiger partial charge in [0, 0.05) is 75.8 Å². The molecule has 2 fully saturated rings. The molecule has 0 radical (unpaired) electrons. The Kier molecular flexibility index (Phi) is 6.99. The molecule has 33 heavy (non-hydrogen) atoms. The first-order chi connectivity index (χ1) is 15.7. The highest BCUT2D eigenvalue weighted by Crippen LogP contribution is 2.27. The number of hydrogen-bond donors (Lipinski definition) is 0. The third kappa shape index (κ3) is 4.89. The van der Waals surface area contributed by atoms with E-state index in [0.717, 1.165) is 24.3 Å². The second kappa shape index (κ2) is 9.61. The molecule has 0 bridgehead atoms. The number of anilines is 1. The maximum atomic E-state index is 13.6. The maximum absolute atomic E-state index is 13.6. The molecule has 9 nitrogen and oxygen atoms in total. The van der Waals surface area contributed by atoms with Crippen molar-refractivity contribution in [2.24, 2.45) is 0 Å². The van der Waals surface area contributed by atoms with Gasteiger partial charge < -0.3 is 14.7 Å². The van der Waals surface area contributed by atoms with Gasteiger partial charge in [0.05, 0.1) is 5.56 Å². The molecular formula is C22H31ClN6O3S. The van der Waals surface area contributed by atoms with Crippen LogP contribution >= 0.6 is 11.6 Å². The number of halogens is 1. The fourth-order valence-corrected chi connectivity index (χ4v) is 5.98. The van der Waals surface area contributed by atoms with Crippen LogP contribution < -0.4 is 4.90 Å². The van der Waals surface area contributed by atoms with E-state index in [1.165, 1.54) is 8.99 Å². The van der Waals surface area contributed by atoms with E-state index in [0.29, 0.717) is 50.8 Å². The number of aryl methyl sites for hydroxylation is 2. The van der Waals surface area contributed by atoms with Gasteiger partial charge in [-0.25, -0.2) is 8.42 Å². The van der Waals surface area contributed by atoms with Crippen LogP contribution in [-0.4, -0.2) is 97.6 Å². The number of nitrogens with zero attached hydrogens (tertiary/aromatic N) is 6. The van der Waals surface area contributed by atoms with Crippen LogP contribution in [0.15, 0.2) is 29.4 Å². The fourth-order valence-electron chi connectivity index (χ4n) is 4.30. The lowest BCUT2D eigenvalue weighted by Crippen LogP contribution is -2.49. The number of amides is 1. The number of likely N-dealkylation sites (N-methyl/N-ethyl adjacent to an activating group) is 1. The Morgan fingerprint density at radius 3 is 2.36 bits per heavy atom. The van der Waals surface area contributed by atoms with Crippen molar-refractivity contribution in [3.63, 3.8) is 0 Å². The monoisotopic (exact) mass is 494 g/mol. The summed E-state index contributed by atoms with van der Waals surface area (Å²) < 4.78 is 30.1. The lowest BCUT2D eigenvalue weighted by Gasteiger charge is -2.36. The quantitative estimate of drug-likeness (QED) is 0.630. The topological polar surface area (TPSA) is 82.0 Å². The zero-order valence-electron chi connectivity index (χ0n) is 19.4. The summed E-state index contributed by atoms with van der Waals surface area (Å²) in [6, 6.07) is 5.73. The summed E-state index contributed by atoms with van der Waals surface area (Å²) >= 11 is 6.17. The predicted octanol–water partition coefficient (Wildman–Crippen LogP) is 1.76. The van der Waals surface area contributed by atoms with Crippen molar-refractivity contribution in [2.75, 3.05) is 64.3 Å². The van der Waals surface area contributed by atoms with Crippen molar-refractivity contribution in [2.45, 2.75) is 25.4 Å². The van der Waals surface area contributed by atoms with Crippen molar-refractivity contribution < 1.29 is 13.2 Å². The van der Waals surface area contributed by atoms with E-state index >= 15 is 0 Å².